The Morgan fingerprint density at radius 3 is 2.74 bits per heavy atom. The zero-order chi connectivity index (χ0) is 19.8. The van der Waals surface area contributed by atoms with Gasteiger partial charge in [-0.25, -0.2) is 4.79 Å². The molecule has 27 heavy (non-hydrogen) atoms. The molecule has 0 bridgehead atoms. The number of hydrogen-bond acceptors (Lipinski definition) is 4. The van der Waals surface area contributed by atoms with Crippen LogP contribution in [0.15, 0.2) is 6.07 Å². The second-order valence-corrected chi connectivity index (χ2v) is 7.79. The Balaban J connectivity index is 1.78. The van der Waals surface area contributed by atoms with E-state index in [0.717, 1.165) is 35.6 Å². The largest absolute Gasteiger partial charge is 0.383 e. The molecule has 0 aromatic carbocycles. The molecular formula is C20H29N3O4. The number of aromatic nitrogens is 1. The number of nitrogens with zero attached hydrogens (tertiary/aromatic N) is 2. The quantitative estimate of drug-likeness (QED) is 0.612. The number of urea groups is 1. The Kier molecular flexibility index (Phi) is 5.42. The molecule has 1 N–H and O–H groups in total. The summed E-state index contributed by atoms with van der Waals surface area (Å²) in [6.07, 6.45) is 3.54. The van der Waals surface area contributed by atoms with Gasteiger partial charge in [0.1, 0.15) is 5.54 Å². The van der Waals surface area contributed by atoms with Gasteiger partial charge in [-0.1, -0.05) is 19.8 Å². The fourth-order valence-corrected chi connectivity index (χ4v) is 4.48. The van der Waals surface area contributed by atoms with E-state index in [1.54, 1.807) is 7.11 Å². The number of methoxy groups -OCH3 is 1. The van der Waals surface area contributed by atoms with E-state index in [2.05, 4.69) is 5.32 Å². The molecule has 2 heterocycles. The minimum atomic E-state index is -0.828. The third-order valence-electron chi connectivity index (χ3n) is 6.20. The summed E-state index contributed by atoms with van der Waals surface area (Å²) in [4.78, 5) is 39.5. The number of ether oxygens (including phenoxy) is 1. The molecule has 2 aliphatic rings. The predicted octanol–water partition coefficient (Wildman–Crippen LogP) is 2.43. The van der Waals surface area contributed by atoms with Crippen molar-refractivity contribution in [2.75, 3.05) is 20.3 Å². The van der Waals surface area contributed by atoms with Crippen LogP contribution in [0.5, 0.6) is 0 Å². The van der Waals surface area contributed by atoms with Crippen molar-refractivity contribution in [2.24, 2.45) is 5.92 Å². The smallest absolute Gasteiger partial charge is 0.325 e. The van der Waals surface area contributed by atoms with Crippen LogP contribution in [0.2, 0.25) is 0 Å². The number of rotatable bonds is 6. The maximum absolute atomic E-state index is 13.0. The Morgan fingerprint density at radius 1 is 1.33 bits per heavy atom. The summed E-state index contributed by atoms with van der Waals surface area (Å²) >= 11 is 0. The molecule has 0 unspecified atom stereocenters. The number of carbonyl (C=O) groups is 3. The van der Waals surface area contributed by atoms with Gasteiger partial charge >= 0.3 is 6.03 Å². The van der Waals surface area contributed by atoms with Crippen LogP contribution in [0.1, 0.15) is 54.4 Å². The highest BCUT2D eigenvalue weighted by Gasteiger charge is 2.55. The van der Waals surface area contributed by atoms with Crippen LogP contribution in [0, 0.1) is 19.8 Å². The third-order valence-corrected chi connectivity index (χ3v) is 6.20. The molecule has 1 aromatic heterocycles. The van der Waals surface area contributed by atoms with Gasteiger partial charge in [0.25, 0.3) is 5.91 Å². The summed E-state index contributed by atoms with van der Waals surface area (Å²) in [5, 5.41) is 2.90. The van der Waals surface area contributed by atoms with Crippen LogP contribution in [0.4, 0.5) is 4.79 Å². The zero-order valence-corrected chi connectivity index (χ0v) is 16.6. The van der Waals surface area contributed by atoms with Gasteiger partial charge in [-0.05, 0) is 38.7 Å². The molecule has 3 rings (SSSR count). The van der Waals surface area contributed by atoms with Crippen LogP contribution >= 0.6 is 0 Å². The zero-order valence-electron chi connectivity index (χ0n) is 16.6. The summed E-state index contributed by atoms with van der Waals surface area (Å²) in [6.45, 7) is 6.82. The lowest BCUT2D eigenvalue weighted by Gasteiger charge is -2.36. The van der Waals surface area contributed by atoms with Crippen molar-refractivity contribution in [1.82, 2.24) is 14.8 Å². The Bertz CT molecular complexity index is 770. The van der Waals surface area contributed by atoms with Gasteiger partial charge < -0.3 is 14.6 Å². The van der Waals surface area contributed by atoms with E-state index in [4.69, 9.17) is 4.74 Å². The van der Waals surface area contributed by atoms with E-state index in [-0.39, 0.29) is 24.2 Å². The Hall–Kier alpha value is -2.15. The van der Waals surface area contributed by atoms with Crippen LogP contribution in [0.25, 0.3) is 0 Å². The fraction of sp³-hybridized carbons (Fsp3) is 0.650. The van der Waals surface area contributed by atoms with E-state index < -0.39 is 11.6 Å². The molecule has 1 spiro atoms. The molecule has 2 atom stereocenters. The maximum atomic E-state index is 13.0. The fourth-order valence-electron chi connectivity index (χ4n) is 4.48. The van der Waals surface area contributed by atoms with Crippen molar-refractivity contribution in [3.63, 3.8) is 0 Å². The first-order valence-electron chi connectivity index (χ1n) is 9.64. The lowest BCUT2D eigenvalue weighted by molar-refractivity contribution is -0.133. The molecule has 148 valence electrons. The van der Waals surface area contributed by atoms with Gasteiger partial charge in [0.2, 0.25) is 0 Å². The molecule has 1 aliphatic heterocycles. The van der Waals surface area contributed by atoms with E-state index in [1.807, 2.05) is 31.4 Å². The van der Waals surface area contributed by atoms with Crippen molar-refractivity contribution in [2.45, 2.75) is 58.5 Å². The summed E-state index contributed by atoms with van der Waals surface area (Å²) in [6, 6.07) is 1.38. The Labute approximate surface area is 160 Å². The topological polar surface area (TPSA) is 80.6 Å². The summed E-state index contributed by atoms with van der Waals surface area (Å²) in [7, 11) is 1.64. The standard InChI is InChI=1S/C20H29N3O4/c1-13-7-5-6-8-20(13)18(25)23(19(26)21-20)12-17(24)16-11-14(2)22(15(16)3)9-10-27-4/h11,13H,5-10,12H2,1-4H3,(H,21,26)/t13-,20+/m0/s1. The number of imide groups is 1. The van der Waals surface area contributed by atoms with Crippen molar-refractivity contribution in [3.8, 4) is 0 Å². The first kappa shape index (κ1) is 19.6. The molecule has 1 aromatic rings. The Morgan fingerprint density at radius 2 is 2.07 bits per heavy atom. The number of amides is 3. The second-order valence-electron chi connectivity index (χ2n) is 7.79. The average Bonchev–Trinajstić information content (AvgIpc) is 3.04. The maximum Gasteiger partial charge on any atom is 0.325 e. The molecule has 3 amide bonds. The molecule has 7 nitrogen and oxygen atoms in total. The van der Waals surface area contributed by atoms with Gasteiger partial charge in [0, 0.05) is 30.6 Å². The lowest BCUT2D eigenvalue weighted by Crippen LogP contribution is -2.54. The van der Waals surface area contributed by atoms with Crippen molar-refractivity contribution < 1.29 is 19.1 Å². The van der Waals surface area contributed by atoms with E-state index in [9.17, 15) is 14.4 Å². The molecule has 2 fully saturated rings. The van der Waals surface area contributed by atoms with Crippen LogP contribution in [-0.4, -0.2) is 53.0 Å². The minimum absolute atomic E-state index is 0.0851. The number of hydrogen-bond donors (Lipinski definition) is 1. The van der Waals surface area contributed by atoms with Crippen molar-refractivity contribution in [3.05, 3.63) is 23.0 Å². The van der Waals surface area contributed by atoms with Crippen molar-refractivity contribution in [1.29, 1.82) is 0 Å². The number of nitrogens with one attached hydrogen (secondary N) is 1. The van der Waals surface area contributed by atoms with E-state index >= 15 is 0 Å². The summed E-state index contributed by atoms with van der Waals surface area (Å²) in [5.41, 5.74) is 1.52. The first-order chi connectivity index (χ1) is 12.8. The summed E-state index contributed by atoms with van der Waals surface area (Å²) < 4.78 is 7.14. The third kappa shape index (κ3) is 3.29. The number of carbonyl (C=O) groups excluding carboxylic acids is 3. The lowest BCUT2D eigenvalue weighted by atomic mass is 9.73. The summed E-state index contributed by atoms with van der Waals surface area (Å²) in [5.74, 6) is -0.376. The van der Waals surface area contributed by atoms with E-state index in [0.29, 0.717) is 25.1 Å². The van der Waals surface area contributed by atoms with E-state index in [1.165, 1.54) is 0 Å². The molecular weight excluding hydrogens is 346 g/mol. The van der Waals surface area contributed by atoms with Gasteiger partial charge in [0.15, 0.2) is 5.78 Å². The highest BCUT2D eigenvalue weighted by molar-refractivity contribution is 6.11. The number of Topliss-reactive ketones (excluding diaryl/α,β-unsaturated/α-hetero) is 1. The van der Waals surface area contributed by atoms with Crippen LogP contribution < -0.4 is 5.32 Å². The normalized spacial score (nSPS) is 25.3. The molecule has 1 saturated heterocycles. The van der Waals surface area contributed by atoms with Gasteiger partial charge in [-0.2, -0.15) is 0 Å². The first-order valence-corrected chi connectivity index (χ1v) is 9.64. The van der Waals surface area contributed by atoms with Gasteiger partial charge in [0.05, 0.1) is 13.2 Å². The molecule has 1 aliphatic carbocycles. The molecule has 1 saturated carbocycles. The number of aryl methyl sites for hydroxylation is 1. The average molecular weight is 375 g/mol. The van der Waals surface area contributed by atoms with Crippen LogP contribution in [0.3, 0.4) is 0 Å². The second kappa shape index (κ2) is 7.46. The van der Waals surface area contributed by atoms with Gasteiger partial charge in [-0.3, -0.25) is 14.5 Å². The molecule has 0 radical (unpaired) electrons. The number of ketones is 1. The molecule has 7 heteroatoms. The predicted molar refractivity (Wildman–Crippen MR) is 101 cm³/mol. The monoisotopic (exact) mass is 375 g/mol. The van der Waals surface area contributed by atoms with Crippen LogP contribution in [-0.2, 0) is 16.1 Å². The van der Waals surface area contributed by atoms with Gasteiger partial charge in [-0.15, -0.1) is 0 Å². The highest BCUT2D eigenvalue weighted by Crippen LogP contribution is 2.38. The van der Waals surface area contributed by atoms with Crippen molar-refractivity contribution >= 4 is 17.7 Å². The highest BCUT2D eigenvalue weighted by atomic mass is 16.5. The SMILES string of the molecule is COCCn1c(C)cc(C(=O)CN2C(=O)N[C@@]3(CCCC[C@@H]3C)C2=O)c1C. The minimum Gasteiger partial charge on any atom is -0.383 e.